The number of hydrogen-bond acceptors (Lipinski definition) is 7. The Balaban J connectivity index is 1.64. The van der Waals surface area contributed by atoms with Crippen LogP contribution in [0.3, 0.4) is 0 Å². The van der Waals surface area contributed by atoms with Crippen LogP contribution >= 0.6 is 0 Å². The summed E-state index contributed by atoms with van der Waals surface area (Å²) in [6, 6.07) is 3.11. The number of nitrogens with zero attached hydrogens (tertiary/aromatic N) is 4. The van der Waals surface area contributed by atoms with Gasteiger partial charge in [-0.25, -0.2) is 8.78 Å². The number of aryl methyl sites for hydroxylation is 2. The second-order valence-corrected chi connectivity index (χ2v) is 9.54. The van der Waals surface area contributed by atoms with Gasteiger partial charge in [0.05, 0.1) is 18.2 Å². The molecule has 2 aliphatic heterocycles. The average Bonchev–Trinajstić information content (AvgIpc) is 3.40. The van der Waals surface area contributed by atoms with Crippen LogP contribution in [0.25, 0.3) is 32.9 Å². The van der Waals surface area contributed by atoms with E-state index in [1.54, 1.807) is 6.92 Å². The Morgan fingerprint density at radius 3 is 2.46 bits per heavy atom. The molecule has 2 bridgehead atoms. The lowest BCUT2D eigenvalue weighted by molar-refractivity contribution is -0.0498. The summed E-state index contributed by atoms with van der Waals surface area (Å²) >= 11 is 0. The normalized spacial score (nSPS) is 19.4. The monoisotopic (exact) mass is 516 g/mol. The summed E-state index contributed by atoms with van der Waals surface area (Å²) < 4.78 is 69.2. The number of ether oxygens (including phenoxy) is 2. The molecule has 2 fully saturated rings. The summed E-state index contributed by atoms with van der Waals surface area (Å²) in [5.41, 5.74) is 0.197. The van der Waals surface area contributed by atoms with Crippen molar-refractivity contribution in [1.29, 1.82) is 0 Å². The van der Waals surface area contributed by atoms with Gasteiger partial charge >= 0.3 is 12.6 Å². The van der Waals surface area contributed by atoms with E-state index in [4.69, 9.17) is 9.47 Å². The fraction of sp³-hybridized carbons (Fsp3) is 0.400. The first-order valence-electron chi connectivity index (χ1n) is 11.9. The molecule has 0 spiro atoms. The number of H-pyrrole nitrogens is 1. The molecule has 2 saturated heterocycles. The molecule has 4 heterocycles. The first-order valence-corrected chi connectivity index (χ1v) is 11.9. The zero-order valence-corrected chi connectivity index (χ0v) is 20.3. The molecule has 2 aromatic heterocycles. The molecule has 8 nitrogen and oxygen atoms in total. The Labute approximate surface area is 209 Å². The third-order valence-electron chi connectivity index (χ3n) is 7.16. The zero-order valence-electron chi connectivity index (χ0n) is 20.3. The third-order valence-corrected chi connectivity index (χ3v) is 7.16. The molecule has 2 aliphatic rings. The van der Waals surface area contributed by atoms with Gasteiger partial charge in [0.25, 0.3) is 0 Å². The predicted octanol–water partition coefficient (Wildman–Crippen LogP) is 4.62. The van der Waals surface area contributed by atoms with Gasteiger partial charge in [-0.1, -0.05) is 0 Å². The van der Waals surface area contributed by atoms with Crippen LogP contribution in [0.2, 0.25) is 0 Å². The molecule has 194 valence electrons. The van der Waals surface area contributed by atoms with Crippen LogP contribution in [0, 0.1) is 25.5 Å². The van der Waals surface area contributed by atoms with E-state index in [2.05, 4.69) is 25.5 Å². The second-order valence-electron chi connectivity index (χ2n) is 9.54. The molecular formula is C25H24F4N6O2. The van der Waals surface area contributed by atoms with Crippen LogP contribution in [0.1, 0.15) is 24.1 Å². The predicted molar refractivity (Wildman–Crippen MR) is 129 cm³/mol. The fourth-order valence-corrected chi connectivity index (χ4v) is 5.62. The Morgan fingerprint density at radius 2 is 1.78 bits per heavy atom. The number of methoxy groups -OCH3 is 1. The van der Waals surface area contributed by atoms with E-state index in [0.717, 1.165) is 18.9 Å². The molecule has 37 heavy (non-hydrogen) atoms. The lowest BCUT2D eigenvalue weighted by Crippen LogP contribution is -2.51. The van der Waals surface area contributed by atoms with E-state index >= 15 is 8.78 Å². The minimum absolute atomic E-state index is 0.0808. The number of hydrogen-bond donors (Lipinski definition) is 2. The number of anilines is 1. The SMILES string of the molecule is COc1nc(N2CC3CCC(C2)N3)c2cc(F)c(-c3c(OC(F)F)c(C)cc4n[nH]c(C)c34)c(F)c2n1. The van der Waals surface area contributed by atoms with Gasteiger partial charge in [0.15, 0.2) is 5.82 Å². The van der Waals surface area contributed by atoms with Crippen molar-refractivity contribution < 1.29 is 27.0 Å². The summed E-state index contributed by atoms with van der Waals surface area (Å²) in [6.45, 7) is 1.19. The molecule has 2 atom stereocenters. The molecule has 2 N–H and O–H groups in total. The summed E-state index contributed by atoms with van der Waals surface area (Å²) in [5, 5.41) is 10.9. The largest absolute Gasteiger partial charge is 0.467 e. The summed E-state index contributed by atoms with van der Waals surface area (Å²) in [4.78, 5) is 10.6. The lowest BCUT2D eigenvalue weighted by atomic mass is 9.94. The lowest BCUT2D eigenvalue weighted by Gasteiger charge is -2.34. The first kappa shape index (κ1) is 23.7. The molecule has 2 unspecified atom stereocenters. The molecular weight excluding hydrogens is 492 g/mol. The van der Waals surface area contributed by atoms with E-state index < -0.39 is 23.8 Å². The van der Waals surface area contributed by atoms with Gasteiger partial charge < -0.3 is 19.7 Å². The maximum Gasteiger partial charge on any atom is 0.387 e. The topological polar surface area (TPSA) is 88.2 Å². The Kier molecular flexibility index (Phi) is 5.59. The Morgan fingerprint density at radius 1 is 1.05 bits per heavy atom. The van der Waals surface area contributed by atoms with Gasteiger partial charge in [-0.05, 0) is 44.4 Å². The molecule has 12 heteroatoms. The summed E-state index contributed by atoms with van der Waals surface area (Å²) in [5.74, 6) is -1.95. The van der Waals surface area contributed by atoms with Gasteiger partial charge in [0.2, 0.25) is 0 Å². The van der Waals surface area contributed by atoms with Crippen LogP contribution in [-0.2, 0) is 0 Å². The van der Waals surface area contributed by atoms with E-state index in [1.807, 2.05) is 4.90 Å². The molecule has 0 saturated carbocycles. The number of rotatable bonds is 5. The molecule has 4 aromatic rings. The number of fused-ring (bicyclic) bond motifs is 4. The van der Waals surface area contributed by atoms with Crippen LogP contribution in [0.15, 0.2) is 12.1 Å². The van der Waals surface area contributed by atoms with E-state index in [0.29, 0.717) is 30.1 Å². The highest BCUT2D eigenvalue weighted by atomic mass is 19.3. The van der Waals surface area contributed by atoms with Crippen molar-refractivity contribution in [2.24, 2.45) is 0 Å². The highest BCUT2D eigenvalue weighted by Gasteiger charge is 2.35. The zero-order chi connectivity index (χ0) is 26.0. The third kappa shape index (κ3) is 3.81. The number of halogens is 4. The molecule has 6 rings (SSSR count). The minimum atomic E-state index is -3.20. The molecule has 2 aromatic carbocycles. The van der Waals surface area contributed by atoms with Crippen LogP contribution in [-0.4, -0.2) is 59.1 Å². The maximum atomic E-state index is 16.4. The van der Waals surface area contributed by atoms with Gasteiger partial charge in [0.1, 0.15) is 22.9 Å². The summed E-state index contributed by atoms with van der Waals surface area (Å²) in [6.07, 6.45) is 2.02. The quantitative estimate of drug-likeness (QED) is 0.375. The van der Waals surface area contributed by atoms with Crippen molar-refractivity contribution in [3.05, 3.63) is 35.0 Å². The number of aromatic amines is 1. The smallest absolute Gasteiger partial charge is 0.387 e. The highest BCUT2D eigenvalue weighted by Crippen LogP contribution is 2.45. The van der Waals surface area contributed by atoms with Crippen molar-refractivity contribution in [2.45, 2.75) is 45.4 Å². The van der Waals surface area contributed by atoms with Crippen molar-refractivity contribution in [2.75, 3.05) is 25.1 Å². The van der Waals surface area contributed by atoms with Gasteiger partial charge in [0, 0.05) is 47.2 Å². The summed E-state index contributed by atoms with van der Waals surface area (Å²) in [7, 11) is 1.36. The first-order chi connectivity index (χ1) is 17.7. The van der Waals surface area contributed by atoms with Crippen molar-refractivity contribution in [3.63, 3.8) is 0 Å². The number of piperazine rings is 1. The highest BCUT2D eigenvalue weighted by molar-refractivity contribution is 6.03. The average molecular weight is 516 g/mol. The maximum absolute atomic E-state index is 16.4. The van der Waals surface area contributed by atoms with E-state index in [9.17, 15) is 8.78 Å². The molecule has 0 aliphatic carbocycles. The molecule has 0 amide bonds. The Bertz CT molecular complexity index is 1530. The van der Waals surface area contributed by atoms with Gasteiger partial charge in [-0.15, -0.1) is 0 Å². The minimum Gasteiger partial charge on any atom is -0.467 e. The van der Waals surface area contributed by atoms with Gasteiger partial charge in [-0.2, -0.15) is 23.8 Å². The van der Waals surface area contributed by atoms with Crippen molar-refractivity contribution in [3.8, 4) is 22.9 Å². The molecule has 0 radical (unpaired) electrons. The fourth-order valence-electron chi connectivity index (χ4n) is 5.62. The number of nitrogens with one attached hydrogen (secondary N) is 2. The van der Waals surface area contributed by atoms with E-state index in [1.165, 1.54) is 20.1 Å². The number of aromatic nitrogens is 4. The van der Waals surface area contributed by atoms with Crippen molar-refractivity contribution >= 4 is 27.6 Å². The van der Waals surface area contributed by atoms with Crippen LogP contribution < -0.4 is 19.7 Å². The Hall–Kier alpha value is -3.67. The van der Waals surface area contributed by atoms with Gasteiger partial charge in [-0.3, -0.25) is 5.10 Å². The second kappa shape index (κ2) is 8.72. The number of alkyl halides is 2. The van der Waals surface area contributed by atoms with E-state index in [-0.39, 0.29) is 51.3 Å². The number of benzene rings is 2. The van der Waals surface area contributed by atoms with Crippen molar-refractivity contribution in [1.82, 2.24) is 25.5 Å². The van der Waals surface area contributed by atoms with Crippen LogP contribution in [0.5, 0.6) is 11.8 Å². The van der Waals surface area contributed by atoms with Crippen LogP contribution in [0.4, 0.5) is 23.4 Å². The standard InChI is InChI=1S/C25H24F4N6O2/c1-10-6-16-17(11(2)33-34-16)19(22(10)37-24(28)29)18-15(26)7-14-21(20(18)27)31-25(36-3)32-23(14)35-8-12-4-5-13(9-35)30-12/h6-7,12-13,24,30H,4-5,8-9H2,1-3H3,(H,33,34).